The van der Waals surface area contributed by atoms with Crippen LogP contribution in [0.15, 0.2) is 35.3 Å². The minimum absolute atomic E-state index is 0. The Labute approximate surface area is 214 Å². The first-order valence-corrected chi connectivity index (χ1v) is 10.6. The summed E-state index contributed by atoms with van der Waals surface area (Å²) in [5.74, 6) is 3.50. The van der Waals surface area contributed by atoms with Crippen molar-refractivity contribution in [3.8, 4) is 23.0 Å². The van der Waals surface area contributed by atoms with Crippen molar-refractivity contribution in [2.24, 2.45) is 4.99 Å². The molecule has 0 saturated heterocycles. The molecule has 2 aromatic rings. The van der Waals surface area contributed by atoms with Gasteiger partial charge >= 0.3 is 0 Å². The Morgan fingerprint density at radius 1 is 0.879 bits per heavy atom. The van der Waals surface area contributed by atoms with Crippen molar-refractivity contribution in [1.29, 1.82) is 0 Å². The highest BCUT2D eigenvalue weighted by atomic mass is 127. The summed E-state index contributed by atoms with van der Waals surface area (Å²) in [5.41, 5.74) is 3.05. The highest BCUT2D eigenvalue weighted by molar-refractivity contribution is 14.0. The van der Waals surface area contributed by atoms with E-state index in [4.69, 9.17) is 23.7 Å². The molecule has 0 spiro atoms. The molecule has 0 aliphatic rings. The Hall–Kier alpha value is -2.40. The maximum atomic E-state index is 5.93. The normalized spacial score (nSPS) is 10.8. The summed E-state index contributed by atoms with van der Waals surface area (Å²) < 4.78 is 27.7. The molecule has 33 heavy (non-hydrogen) atoms. The number of nitrogens with one attached hydrogen (secondary N) is 2. The summed E-state index contributed by atoms with van der Waals surface area (Å²) in [4.78, 5) is 4.32. The lowest BCUT2D eigenvalue weighted by molar-refractivity contribution is 0.110. The van der Waals surface area contributed by atoms with Gasteiger partial charge in [0.05, 0.1) is 40.0 Å². The largest absolute Gasteiger partial charge is 0.496 e. The topological polar surface area (TPSA) is 82.6 Å². The van der Waals surface area contributed by atoms with E-state index >= 15 is 0 Å². The van der Waals surface area contributed by atoms with Crippen molar-refractivity contribution in [2.45, 2.75) is 26.9 Å². The zero-order valence-electron chi connectivity index (χ0n) is 20.3. The molecule has 0 aliphatic heterocycles. The number of halogens is 1. The molecule has 2 N–H and O–H groups in total. The highest BCUT2D eigenvalue weighted by Crippen LogP contribution is 2.33. The molecule has 0 saturated carbocycles. The average molecular weight is 573 g/mol. The van der Waals surface area contributed by atoms with Crippen molar-refractivity contribution in [3.63, 3.8) is 0 Å². The molecule has 0 unspecified atom stereocenters. The molecular weight excluding hydrogens is 537 g/mol. The van der Waals surface area contributed by atoms with Crippen molar-refractivity contribution in [1.82, 2.24) is 10.6 Å². The van der Waals surface area contributed by atoms with Crippen LogP contribution in [0.2, 0.25) is 0 Å². The Kier molecular flexibility index (Phi) is 13.4. The lowest BCUT2D eigenvalue weighted by Crippen LogP contribution is -2.36. The van der Waals surface area contributed by atoms with E-state index in [1.807, 2.05) is 32.0 Å². The Bertz CT molecular complexity index is 867. The third-order valence-electron chi connectivity index (χ3n) is 4.83. The Morgan fingerprint density at radius 2 is 1.55 bits per heavy atom. The number of rotatable bonds is 12. The first-order chi connectivity index (χ1) is 15.6. The lowest BCUT2D eigenvalue weighted by Gasteiger charge is -2.18. The van der Waals surface area contributed by atoms with Gasteiger partial charge in [-0.15, -0.1) is 24.0 Å². The van der Waals surface area contributed by atoms with Crippen LogP contribution in [0.4, 0.5) is 0 Å². The first-order valence-electron chi connectivity index (χ1n) is 10.6. The maximum Gasteiger partial charge on any atom is 0.191 e. The molecule has 9 heteroatoms. The van der Waals surface area contributed by atoms with Gasteiger partial charge in [-0.05, 0) is 25.5 Å². The smallest absolute Gasteiger partial charge is 0.191 e. The SMILES string of the molecule is CCOCCOc1cc(C)ccc1CNC(=NC)NCc1c(OC)cc(OC)cc1OC.I. The summed E-state index contributed by atoms with van der Waals surface area (Å²) in [6.07, 6.45) is 0. The van der Waals surface area contributed by atoms with Crippen molar-refractivity contribution < 1.29 is 23.7 Å². The van der Waals surface area contributed by atoms with Crippen molar-refractivity contribution in [3.05, 3.63) is 47.0 Å². The predicted octanol–water partition coefficient (Wildman–Crippen LogP) is 3.92. The molecule has 0 aromatic heterocycles. The van der Waals surface area contributed by atoms with Crippen LogP contribution in [0.5, 0.6) is 23.0 Å². The van der Waals surface area contributed by atoms with Gasteiger partial charge in [0.1, 0.15) is 29.6 Å². The molecular formula is C24H36IN3O5. The van der Waals surface area contributed by atoms with E-state index in [2.05, 4.69) is 27.8 Å². The van der Waals surface area contributed by atoms with E-state index in [-0.39, 0.29) is 24.0 Å². The predicted molar refractivity (Wildman–Crippen MR) is 142 cm³/mol. The number of ether oxygens (including phenoxy) is 5. The fourth-order valence-electron chi connectivity index (χ4n) is 3.12. The number of aryl methyl sites for hydroxylation is 1. The lowest BCUT2D eigenvalue weighted by atomic mass is 10.1. The second-order valence-electron chi connectivity index (χ2n) is 6.95. The first kappa shape index (κ1) is 28.6. The molecule has 0 radical (unpaired) electrons. The van der Waals surface area contributed by atoms with Gasteiger partial charge in [-0.1, -0.05) is 12.1 Å². The number of methoxy groups -OCH3 is 3. The van der Waals surface area contributed by atoms with Crippen LogP contribution in [0.3, 0.4) is 0 Å². The summed E-state index contributed by atoms with van der Waals surface area (Å²) in [6, 6.07) is 9.81. The Balaban J connectivity index is 0.00000544. The zero-order chi connectivity index (χ0) is 23.3. The highest BCUT2D eigenvalue weighted by Gasteiger charge is 2.14. The number of hydrogen-bond donors (Lipinski definition) is 2. The van der Waals surface area contributed by atoms with E-state index in [0.29, 0.717) is 56.1 Å². The second-order valence-corrected chi connectivity index (χ2v) is 6.95. The van der Waals surface area contributed by atoms with Crippen LogP contribution in [-0.2, 0) is 17.8 Å². The summed E-state index contributed by atoms with van der Waals surface area (Å²) in [5, 5.41) is 6.65. The number of benzene rings is 2. The molecule has 0 atom stereocenters. The molecule has 2 rings (SSSR count). The summed E-state index contributed by atoms with van der Waals surface area (Å²) >= 11 is 0. The molecule has 0 fully saturated rings. The maximum absolute atomic E-state index is 5.93. The van der Waals surface area contributed by atoms with Gasteiger partial charge in [0.25, 0.3) is 0 Å². The third kappa shape index (κ3) is 8.81. The monoisotopic (exact) mass is 573 g/mol. The van der Waals surface area contributed by atoms with Crippen molar-refractivity contribution >= 4 is 29.9 Å². The van der Waals surface area contributed by atoms with Gasteiger partial charge < -0.3 is 34.3 Å². The summed E-state index contributed by atoms with van der Waals surface area (Å²) in [7, 11) is 6.58. The van der Waals surface area contributed by atoms with Crippen LogP contribution < -0.4 is 29.6 Å². The Morgan fingerprint density at radius 3 is 2.12 bits per heavy atom. The van der Waals surface area contributed by atoms with Gasteiger partial charge in [-0.3, -0.25) is 4.99 Å². The van der Waals surface area contributed by atoms with Crippen molar-refractivity contribution in [2.75, 3.05) is 48.2 Å². The van der Waals surface area contributed by atoms with E-state index in [1.54, 1.807) is 28.4 Å². The molecule has 0 bridgehead atoms. The van der Waals surface area contributed by atoms with Gasteiger partial charge in [0.15, 0.2) is 5.96 Å². The standard InChI is InChI=1S/C24H35N3O5.HI/c1-7-31-10-11-32-21-12-17(2)8-9-18(21)15-26-24(25-3)27-16-20-22(29-5)13-19(28-4)14-23(20)30-6;/h8-9,12-14H,7,10-11,15-16H2,1-6H3,(H2,25,26,27);1H. The van der Waals surface area contributed by atoms with E-state index in [9.17, 15) is 0 Å². The molecule has 0 aliphatic carbocycles. The quantitative estimate of drug-likeness (QED) is 0.173. The van der Waals surface area contributed by atoms with Crippen LogP contribution in [0.25, 0.3) is 0 Å². The number of nitrogens with zero attached hydrogens (tertiary/aromatic N) is 1. The van der Waals surface area contributed by atoms with Crippen LogP contribution in [-0.4, -0.2) is 54.2 Å². The zero-order valence-corrected chi connectivity index (χ0v) is 22.6. The second kappa shape index (κ2) is 15.4. The number of guanidine groups is 1. The van der Waals surface area contributed by atoms with Gasteiger partial charge in [0.2, 0.25) is 0 Å². The average Bonchev–Trinajstić information content (AvgIpc) is 2.82. The summed E-state index contributed by atoms with van der Waals surface area (Å²) in [6.45, 7) is 6.78. The van der Waals surface area contributed by atoms with Crippen LogP contribution >= 0.6 is 24.0 Å². The minimum atomic E-state index is 0. The van der Waals surface area contributed by atoms with Gasteiger partial charge in [-0.25, -0.2) is 0 Å². The molecule has 0 amide bonds. The van der Waals surface area contributed by atoms with E-state index in [0.717, 1.165) is 22.4 Å². The van der Waals surface area contributed by atoms with Crippen LogP contribution in [0.1, 0.15) is 23.6 Å². The number of hydrogen-bond acceptors (Lipinski definition) is 6. The fraction of sp³-hybridized carbons (Fsp3) is 0.458. The van der Waals surface area contributed by atoms with Gasteiger partial charge in [0, 0.05) is 37.9 Å². The molecule has 0 heterocycles. The third-order valence-corrected chi connectivity index (χ3v) is 4.83. The molecule has 2 aromatic carbocycles. The van der Waals surface area contributed by atoms with Crippen LogP contribution in [0, 0.1) is 6.92 Å². The minimum Gasteiger partial charge on any atom is -0.496 e. The van der Waals surface area contributed by atoms with Gasteiger partial charge in [-0.2, -0.15) is 0 Å². The molecule has 184 valence electrons. The number of aliphatic imine (C=N–C) groups is 1. The molecule has 8 nitrogen and oxygen atoms in total. The fourth-order valence-corrected chi connectivity index (χ4v) is 3.12. The van der Waals surface area contributed by atoms with E-state index in [1.165, 1.54) is 0 Å². The van der Waals surface area contributed by atoms with E-state index < -0.39 is 0 Å².